The lowest BCUT2D eigenvalue weighted by Gasteiger charge is -2.17. The first kappa shape index (κ1) is 34.1. The fourth-order valence-electron chi connectivity index (χ4n) is 4.23. The average Bonchev–Trinajstić information content (AvgIpc) is 3.45. The van der Waals surface area contributed by atoms with Gasteiger partial charge in [0.15, 0.2) is 5.25 Å². The van der Waals surface area contributed by atoms with Crippen molar-refractivity contribution in [3.05, 3.63) is 95.9 Å². The summed E-state index contributed by atoms with van der Waals surface area (Å²) in [6, 6.07) is 19.4. The zero-order valence-electron chi connectivity index (χ0n) is 26.9. The molecule has 12 nitrogen and oxygen atoms in total. The van der Waals surface area contributed by atoms with E-state index in [0.29, 0.717) is 35.1 Å². The van der Waals surface area contributed by atoms with Gasteiger partial charge in [0.25, 0.3) is 0 Å². The Labute approximate surface area is 269 Å². The van der Waals surface area contributed by atoms with E-state index in [-0.39, 0.29) is 12.0 Å². The van der Waals surface area contributed by atoms with Gasteiger partial charge in [-0.2, -0.15) is 5.10 Å². The molecule has 0 aliphatic rings. The number of sulfonamides is 1. The van der Waals surface area contributed by atoms with Crippen LogP contribution in [-0.4, -0.2) is 65.4 Å². The largest absolute Gasteiger partial charge is 0.493 e. The molecule has 0 radical (unpaired) electrons. The predicted octanol–water partition coefficient (Wildman–Crippen LogP) is 5.15. The van der Waals surface area contributed by atoms with Gasteiger partial charge in [0.2, 0.25) is 10.0 Å². The number of hydrogen-bond donors (Lipinski definition) is 2. The number of nitrogens with one attached hydrogen (secondary N) is 2. The third-order valence-electron chi connectivity index (χ3n) is 7.09. The van der Waals surface area contributed by atoms with Crippen LogP contribution in [0.5, 0.6) is 5.75 Å². The maximum atomic E-state index is 13.0. The van der Waals surface area contributed by atoms with Crippen molar-refractivity contribution in [1.82, 2.24) is 19.1 Å². The highest BCUT2D eigenvalue weighted by molar-refractivity contribution is 7.90. The number of hydrogen-bond acceptors (Lipinski definition) is 8. The topological polar surface area (TPSA) is 145 Å². The van der Waals surface area contributed by atoms with Crippen molar-refractivity contribution in [1.29, 1.82) is 0 Å². The fraction of sp³-hybridized carbons (Fsp3) is 0.333. The quantitative estimate of drug-likeness (QED) is 0.201. The summed E-state index contributed by atoms with van der Waals surface area (Å²) in [5, 5.41) is 9.15. The number of carbonyl (C=O) groups excluding carboxylic acids is 2. The molecule has 2 aromatic heterocycles. The first-order valence-electron chi connectivity index (χ1n) is 14.7. The minimum Gasteiger partial charge on any atom is -0.493 e. The standard InChI is InChI=1S/C33H40N6O6S/c1-23(46(42,43)38(5)6)31(40)45-22-25-7-11-27(12-8-25)39-30(21-29(37-39)33(2,3)4)36-32(41)35-26-9-13-28(14-10-26)44-20-17-24-15-18-34-19-16-24/h7-16,18-19,21,23H,17,20,22H2,1-6H3,(H2,35,36,41). The number of ether oxygens (including phenoxy) is 2. The summed E-state index contributed by atoms with van der Waals surface area (Å²) in [4.78, 5) is 29.4. The third kappa shape index (κ3) is 8.92. The molecular formula is C33H40N6O6S. The number of amides is 2. The summed E-state index contributed by atoms with van der Waals surface area (Å²) >= 11 is 0. The Morgan fingerprint density at radius 1 is 0.935 bits per heavy atom. The Kier molecular flexibility index (Phi) is 10.8. The van der Waals surface area contributed by atoms with Crippen LogP contribution in [-0.2, 0) is 38.0 Å². The highest BCUT2D eigenvalue weighted by atomic mass is 32.2. The van der Waals surface area contributed by atoms with Gasteiger partial charge >= 0.3 is 12.0 Å². The molecule has 1 unspecified atom stereocenters. The molecule has 0 saturated carbocycles. The van der Waals surface area contributed by atoms with E-state index in [2.05, 4.69) is 15.6 Å². The van der Waals surface area contributed by atoms with Crippen LogP contribution >= 0.6 is 0 Å². The van der Waals surface area contributed by atoms with Crippen LogP contribution in [0.1, 0.15) is 44.5 Å². The molecule has 46 heavy (non-hydrogen) atoms. The second kappa shape index (κ2) is 14.6. The van der Waals surface area contributed by atoms with Gasteiger partial charge in [-0.1, -0.05) is 32.9 Å². The lowest BCUT2D eigenvalue weighted by molar-refractivity contribution is -0.144. The van der Waals surface area contributed by atoms with Crippen LogP contribution in [0.4, 0.5) is 16.3 Å². The molecule has 13 heteroatoms. The zero-order chi connectivity index (χ0) is 33.5. The molecule has 0 aliphatic carbocycles. The Morgan fingerprint density at radius 2 is 1.59 bits per heavy atom. The summed E-state index contributed by atoms with van der Waals surface area (Å²) in [6.45, 7) is 7.80. The Morgan fingerprint density at radius 3 is 2.20 bits per heavy atom. The molecule has 2 aromatic carbocycles. The monoisotopic (exact) mass is 648 g/mol. The van der Waals surface area contributed by atoms with Crippen molar-refractivity contribution in [2.24, 2.45) is 0 Å². The van der Waals surface area contributed by atoms with Gasteiger partial charge in [-0.15, -0.1) is 0 Å². The normalized spacial score (nSPS) is 12.4. The maximum absolute atomic E-state index is 13.0. The number of pyridine rings is 1. The highest BCUT2D eigenvalue weighted by Crippen LogP contribution is 2.27. The number of rotatable bonds is 12. The van der Waals surface area contributed by atoms with Gasteiger partial charge in [0, 0.05) is 50.1 Å². The van der Waals surface area contributed by atoms with Gasteiger partial charge in [0.1, 0.15) is 18.2 Å². The molecule has 0 saturated heterocycles. The Balaban J connectivity index is 1.39. The first-order valence-corrected chi connectivity index (χ1v) is 16.2. The van der Waals surface area contributed by atoms with E-state index in [0.717, 1.165) is 22.0 Å². The van der Waals surface area contributed by atoms with Gasteiger partial charge in [-0.3, -0.25) is 15.1 Å². The molecule has 4 rings (SSSR count). The molecule has 0 spiro atoms. The summed E-state index contributed by atoms with van der Waals surface area (Å²) in [5.74, 6) is 0.319. The average molecular weight is 649 g/mol. The van der Waals surface area contributed by atoms with Crippen molar-refractivity contribution in [2.45, 2.75) is 51.4 Å². The third-order valence-corrected chi connectivity index (χ3v) is 9.19. The predicted molar refractivity (Wildman–Crippen MR) is 177 cm³/mol. The van der Waals surface area contributed by atoms with Crippen molar-refractivity contribution in [2.75, 3.05) is 31.3 Å². The fourth-order valence-corrected chi connectivity index (χ4v) is 5.17. The zero-order valence-corrected chi connectivity index (χ0v) is 27.7. The minimum atomic E-state index is -3.78. The number of benzene rings is 2. The molecule has 0 fully saturated rings. The van der Waals surface area contributed by atoms with Crippen molar-refractivity contribution in [3.8, 4) is 11.4 Å². The SMILES string of the molecule is CC(C(=O)OCc1ccc(-n2nc(C(C)(C)C)cc2NC(=O)Nc2ccc(OCCc3ccncc3)cc2)cc1)S(=O)(=O)N(C)C. The van der Waals surface area contributed by atoms with Crippen LogP contribution in [0.2, 0.25) is 0 Å². The molecule has 2 heterocycles. The molecular weight excluding hydrogens is 608 g/mol. The van der Waals surface area contributed by atoms with Crippen molar-refractivity contribution >= 4 is 33.5 Å². The number of anilines is 2. The maximum Gasteiger partial charge on any atom is 0.325 e. The molecule has 2 amide bonds. The van der Waals surface area contributed by atoms with E-state index < -0.39 is 27.3 Å². The second-order valence-corrected chi connectivity index (χ2v) is 14.3. The lowest BCUT2D eigenvalue weighted by atomic mass is 9.92. The number of carbonyl (C=O) groups is 2. The van der Waals surface area contributed by atoms with E-state index in [1.54, 1.807) is 65.6 Å². The van der Waals surface area contributed by atoms with E-state index in [4.69, 9.17) is 14.6 Å². The second-order valence-electron chi connectivity index (χ2n) is 11.9. The van der Waals surface area contributed by atoms with Crippen molar-refractivity contribution < 1.29 is 27.5 Å². The Bertz CT molecular complexity index is 1730. The van der Waals surface area contributed by atoms with E-state index >= 15 is 0 Å². The molecule has 244 valence electrons. The number of urea groups is 1. The molecule has 0 bridgehead atoms. The molecule has 1 atom stereocenters. The van der Waals surface area contributed by atoms with Crippen LogP contribution < -0.4 is 15.4 Å². The molecule has 4 aromatic rings. The van der Waals surface area contributed by atoms with Gasteiger partial charge in [0.05, 0.1) is 18.0 Å². The van der Waals surface area contributed by atoms with E-state index in [1.807, 2.05) is 39.0 Å². The molecule has 0 aliphatic heterocycles. The highest BCUT2D eigenvalue weighted by Gasteiger charge is 2.31. The number of nitrogens with zero attached hydrogens (tertiary/aromatic N) is 4. The van der Waals surface area contributed by atoms with Crippen LogP contribution in [0.25, 0.3) is 5.69 Å². The molecule has 2 N–H and O–H groups in total. The van der Waals surface area contributed by atoms with Crippen molar-refractivity contribution in [3.63, 3.8) is 0 Å². The van der Waals surface area contributed by atoms with Crippen LogP contribution in [0.3, 0.4) is 0 Å². The minimum absolute atomic E-state index is 0.0964. The van der Waals surface area contributed by atoms with Gasteiger partial charge in [-0.05, 0) is 66.6 Å². The smallest absolute Gasteiger partial charge is 0.325 e. The van der Waals surface area contributed by atoms with E-state index in [9.17, 15) is 18.0 Å². The van der Waals surface area contributed by atoms with E-state index in [1.165, 1.54) is 21.0 Å². The lowest BCUT2D eigenvalue weighted by Crippen LogP contribution is -2.37. The Hall–Kier alpha value is -4.75. The van der Waals surface area contributed by atoms with Crippen LogP contribution in [0, 0.1) is 0 Å². The number of esters is 1. The van der Waals surface area contributed by atoms with Gasteiger partial charge < -0.3 is 14.8 Å². The van der Waals surface area contributed by atoms with Gasteiger partial charge in [-0.25, -0.2) is 22.2 Å². The summed E-state index contributed by atoms with van der Waals surface area (Å²) in [5.41, 5.74) is 3.53. The first-order chi connectivity index (χ1) is 21.7. The number of aromatic nitrogens is 3. The summed E-state index contributed by atoms with van der Waals surface area (Å²) in [7, 11) is -1.05. The van der Waals surface area contributed by atoms with Crippen LogP contribution in [0.15, 0.2) is 79.1 Å². The summed E-state index contributed by atoms with van der Waals surface area (Å²) in [6.07, 6.45) is 4.26. The summed E-state index contributed by atoms with van der Waals surface area (Å²) < 4.78 is 38.2.